The number of carbonyl (C=O) groups is 1. The lowest BCUT2D eigenvalue weighted by Crippen LogP contribution is -2.13. The Morgan fingerprint density at radius 3 is 2.83 bits per heavy atom. The van der Waals surface area contributed by atoms with Crippen molar-refractivity contribution in [1.29, 1.82) is 0 Å². The number of para-hydroxylation sites is 1. The average Bonchev–Trinajstić information content (AvgIpc) is 3.10. The van der Waals surface area contributed by atoms with Gasteiger partial charge in [0.25, 0.3) is 5.91 Å². The minimum Gasteiger partial charge on any atom is -0.333 e. The second-order valence-electron chi connectivity index (χ2n) is 5.80. The predicted molar refractivity (Wildman–Crippen MR) is 96.2 cm³/mol. The van der Waals surface area contributed by atoms with E-state index in [9.17, 15) is 4.79 Å². The van der Waals surface area contributed by atoms with Crippen molar-refractivity contribution < 1.29 is 4.79 Å². The first-order valence-electron chi connectivity index (χ1n) is 8.20. The number of anilines is 1. The van der Waals surface area contributed by atoms with Crippen LogP contribution in [0.1, 0.15) is 34.8 Å². The lowest BCUT2D eigenvalue weighted by molar-refractivity contribution is 0.102. The minimum absolute atomic E-state index is 0.0777. The number of amides is 1. The fraction of sp³-hybridized carbons (Fsp3) is 0.200. The van der Waals surface area contributed by atoms with Crippen LogP contribution in [0.4, 0.5) is 5.69 Å². The van der Waals surface area contributed by atoms with E-state index in [-0.39, 0.29) is 5.91 Å². The van der Waals surface area contributed by atoms with Crippen LogP contribution in [0.25, 0.3) is 0 Å². The number of carbonyl (C=O) groups excluding carboxylic acids is 1. The molecule has 0 atom stereocenters. The molecular weight excluding hydrogens is 298 g/mol. The van der Waals surface area contributed by atoms with Gasteiger partial charge in [0.15, 0.2) is 0 Å². The van der Waals surface area contributed by atoms with Crippen LogP contribution < -0.4 is 5.32 Å². The number of nitrogens with one attached hydrogen (secondary N) is 1. The summed E-state index contributed by atoms with van der Waals surface area (Å²) in [5.41, 5.74) is 3.80. The van der Waals surface area contributed by atoms with E-state index in [1.54, 1.807) is 12.5 Å². The van der Waals surface area contributed by atoms with Gasteiger partial charge in [-0.1, -0.05) is 43.7 Å². The topological polar surface area (TPSA) is 46.9 Å². The van der Waals surface area contributed by atoms with E-state index >= 15 is 0 Å². The molecule has 122 valence electrons. The highest BCUT2D eigenvalue weighted by atomic mass is 16.1. The zero-order chi connectivity index (χ0) is 16.8. The maximum Gasteiger partial charge on any atom is 0.255 e. The fourth-order valence-corrected chi connectivity index (χ4v) is 2.73. The Kier molecular flexibility index (Phi) is 5.06. The predicted octanol–water partition coefficient (Wildman–Crippen LogP) is 4.14. The summed E-state index contributed by atoms with van der Waals surface area (Å²) in [6.45, 7) is 2.84. The molecule has 0 aliphatic carbocycles. The number of benzene rings is 2. The molecule has 2 aromatic carbocycles. The van der Waals surface area contributed by atoms with Crippen LogP contribution >= 0.6 is 0 Å². The largest absolute Gasteiger partial charge is 0.333 e. The lowest BCUT2D eigenvalue weighted by Gasteiger charge is -2.11. The molecule has 1 heterocycles. The Bertz CT molecular complexity index is 809. The summed E-state index contributed by atoms with van der Waals surface area (Å²) in [6.07, 6.45) is 7.44. The number of aryl methyl sites for hydroxylation is 1. The normalized spacial score (nSPS) is 10.5. The first-order valence-corrected chi connectivity index (χ1v) is 8.20. The molecule has 0 saturated heterocycles. The summed E-state index contributed by atoms with van der Waals surface area (Å²) in [5.74, 6) is -0.0777. The highest BCUT2D eigenvalue weighted by molar-refractivity contribution is 6.04. The standard InChI is InChI=1S/C20H21N3O/c1-2-6-17-8-3-4-10-19(17)22-20(24)18-9-5-7-16(13-18)14-23-12-11-21-15-23/h3-5,7-13,15H,2,6,14H2,1H3,(H,22,24). The van der Waals surface area contributed by atoms with Crippen molar-refractivity contribution in [3.8, 4) is 0 Å². The molecule has 0 bridgehead atoms. The Balaban J connectivity index is 1.76. The van der Waals surface area contributed by atoms with Gasteiger partial charge < -0.3 is 9.88 Å². The highest BCUT2D eigenvalue weighted by Gasteiger charge is 2.09. The molecule has 0 fully saturated rings. The Morgan fingerprint density at radius 1 is 1.17 bits per heavy atom. The number of rotatable bonds is 6. The Morgan fingerprint density at radius 2 is 2.04 bits per heavy atom. The number of nitrogens with zero attached hydrogens (tertiary/aromatic N) is 2. The van der Waals surface area contributed by atoms with Crippen molar-refractivity contribution in [3.63, 3.8) is 0 Å². The quantitative estimate of drug-likeness (QED) is 0.742. The molecular formula is C20H21N3O. The van der Waals surface area contributed by atoms with Crippen molar-refractivity contribution in [2.45, 2.75) is 26.3 Å². The van der Waals surface area contributed by atoms with Crippen molar-refractivity contribution in [1.82, 2.24) is 9.55 Å². The van der Waals surface area contributed by atoms with Gasteiger partial charge in [0.05, 0.1) is 6.33 Å². The third kappa shape index (κ3) is 3.90. The first-order chi connectivity index (χ1) is 11.8. The van der Waals surface area contributed by atoms with Crippen LogP contribution in [-0.4, -0.2) is 15.5 Å². The first kappa shape index (κ1) is 16.0. The third-order valence-electron chi connectivity index (χ3n) is 3.90. The van der Waals surface area contributed by atoms with Crippen LogP contribution in [0.15, 0.2) is 67.3 Å². The minimum atomic E-state index is -0.0777. The van der Waals surface area contributed by atoms with E-state index in [4.69, 9.17) is 0 Å². The smallest absolute Gasteiger partial charge is 0.255 e. The maximum absolute atomic E-state index is 12.6. The summed E-state index contributed by atoms with van der Waals surface area (Å²) in [7, 11) is 0. The number of aromatic nitrogens is 2. The van der Waals surface area contributed by atoms with Crippen molar-refractivity contribution in [2.75, 3.05) is 5.32 Å². The second-order valence-corrected chi connectivity index (χ2v) is 5.80. The summed E-state index contributed by atoms with van der Waals surface area (Å²) >= 11 is 0. The van der Waals surface area contributed by atoms with Gasteiger partial charge in [-0.2, -0.15) is 0 Å². The van der Waals surface area contributed by atoms with Gasteiger partial charge in [-0.3, -0.25) is 4.79 Å². The van der Waals surface area contributed by atoms with E-state index in [0.29, 0.717) is 12.1 Å². The van der Waals surface area contributed by atoms with Crippen LogP contribution in [-0.2, 0) is 13.0 Å². The zero-order valence-corrected chi connectivity index (χ0v) is 13.8. The van der Waals surface area contributed by atoms with Crippen molar-refractivity contribution in [3.05, 3.63) is 83.9 Å². The molecule has 3 rings (SSSR count). The molecule has 0 saturated carbocycles. The van der Waals surface area contributed by atoms with Gasteiger partial charge in [-0.25, -0.2) is 4.98 Å². The number of hydrogen-bond donors (Lipinski definition) is 1. The average molecular weight is 319 g/mol. The molecule has 0 spiro atoms. The molecule has 3 aromatic rings. The van der Waals surface area contributed by atoms with Crippen LogP contribution in [0.5, 0.6) is 0 Å². The molecule has 1 amide bonds. The molecule has 0 aliphatic heterocycles. The fourth-order valence-electron chi connectivity index (χ4n) is 2.73. The molecule has 24 heavy (non-hydrogen) atoms. The molecule has 0 unspecified atom stereocenters. The monoisotopic (exact) mass is 319 g/mol. The van der Waals surface area contributed by atoms with Gasteiger partial charge in [-0.05, 0) is 35.7 Å². The molecule has 0 radical (unpaired) electrons. The second kappa shape index (κ2) is 7.59. The third-order valence-corrected chi connectivity index (χ3v) is 3.90. The van der Waals surface area contributed by atoms with Crippen molar-refractivity contribution in [2.24, 2.45) is 0 Å². The van der Waals surface area contributed by atoms with E-state index in [1.165, 1.54) is 5.56 Å². The van der Waals surface area contributed by atoms with Gasteiger partial charge in [0.2, 0.25) is 0 Å². The summed E-state index contributed by atoms with van der Waals surface area (Å²) in [6, 6.07) is 15.7. The van der Waals surface area contributed by atoms with Gasteiger partial charge >= 0.3 is 0 Å². The van der Waals surface area contributed by atoms with E-state index in [1.807, 2.05) is 53.2 Å². The summed E-state index contributed by atoms with van der Waals surface area (Å²) < 4.78 is 1.98. The molecule has 1 aromatic heterocycles. The van der Waals surface area contributed by atoms with E-state index in [0.717, 1.165) is 24.1 Å². The number of hydrogen-bond acceptors (Lipinski definition) is 2. The van der Waals surface area contributed by atoms with Gasteiger partial charge in [-0.15, -0.1) is 0 Å². The van der Waals surface area contributed by atoms with E-state index < -0.39 is 0 Å². The SMILES string of the molecule is CCCc1ccccc1NC(=O)c1cccc(Cn2ccnc2)c1. The summed E-state index contributed by atoms with van der Waals surface area (Å²) in [4.78, 5) is 16.6. The lowest BCUT2D eigenvalue weighted by atomic mass is 10.1. The number of imidazole rings is 1. The summed E-state index contributed by atoms with van der Waals surface area (Å²) in [5, 5.41) is 3.04. The molecule has 1 N–H and O–H groups in total. The molecule has 4 nitrogen and oxygen atoms in total. The Hall–Kier alpha value is -2.88. The van der Waals surface area contributed by atoms with Crippen LogP contribution in [0.2, 0.25) is 0 Å². The maximum atomic E-state index is 12.6. The van der Waals surface area contributed by atoms with Crippen LogP contribution in [0, 0.1) is 0 Å². The zero-order valence-electron chi connectivity index (χ0n) is 13.8. The molecule has 4 heteroatoms. The highest BCUT2D eigenvalue weighted by Crippen LogP contribution is 2.18. The molecule has 0 aliphatic rings. The van der Waals surface area contributed by atoms with E-state index in [2.05, 4.69) is 23.3 Å². The van der Waals surface area contributed by atoms with Gasteiger partial charge in [0.1, 0.15) is 0 Å². The van der Waals surface area contributed by atoms with Crippen LogP contribution in [0.3, 0.4) is 0 Å². The van der Waals surface area contributed by atoms with Crippen molar-refractivity contribution >= 4 is 11.6 Å². The van der Waals surface area contributed by atoms with Gasteiger partial charge in [0, 0.05) is 30.2 Å². The Labute approximate surface area is 142 Å².